The molecule has 0 bridgehead atoms. The molecule has 134 valence electrons. The van der Waals surface area contributed by atoms with Gasteiger partial charge in [0, 0.05) is 18.7 Å². The van der Waals surface area contributed by atoms with Gasteiger partial charge < -0.3 is 14.9 Å². The number of rotatable bonds is 4. The fourth-order valence-corrected chi connectivity index (χ4v) is 2.74. The monoisotopic (exact) mass is 355 g/mol. The minimum Gasteiger partial charge on any atom is -0.350 e. The van der Waals surface area contributed by atoms with Crippen molar-refractivity contribution in [3.63, 3.8) is 0 Å². The minimum absolute atomic E-state index is 0.0987. The van der Waals surface area contributed by atoms with Crippen LogP contribution in [0.4, 0.5) is 4.39 Å². The van der Waals surface area contributed by atoms with Gasteiger partial charge in [0.2, 0.25) is 0 Å². The molecule has 0 saturated carbocycles. The summed E-state index contributed by atoms with van der Waals surface area (Å²) in [5, 5.41) is 2.73. The molecule has 0 spiro atoms. The quantitative estimate of drug-likeness (QED) is 0.701. The van der Waals surface area contributed by atoms with Gasteiger partial charge in [0.1, 0.15) is 5.82 Å². The normalized spacial score (nSPS) is 10.9. The van der Waals surface area contributed by atoms with Crippen molar-refractivity contribution in [2.45, 2.75) is 20.4 Å². The van der Waals surface area contributed by atoms with E-state index in [-0.39, 0.29) is 24.5 Å². The van der Waals surface area contributed by atoms with Crippen molar-refractivity contribution in [2.24, 2.45) is 0 Å². The molecule has 0 atom stereocenters. The molecular formula is C19H18FN3O3. The fourth-order valence-electron chi connectivity index (χ4n) is 2.74. The molecule has 3 rings (SSSR count). The number of hydrogen-bond acceptors (Lipinski definition) is 3. The lowest BCUT2D eigenvalue weighted by molar-refractivity contribution is 0.0952. The van der Waals surface area contributed by atoms with Crippen molar-refractivity contribution in [3.8, 4) is 0 Å². The summed E-state index contributed by atoms with van der Waals surface area (Å²) < 4.78 is 14.6. The summed E-state index contributed by atoms with van der Waals surface area (Å²) in [6, 6.07) is 9.18. The number of aromatic nitrogens is 2. The smallest absolute Gasteiger partial charge is 0.316 e. The van der Waals surface area contributed by atoms with Crippen molar-refractivity contribution in [3.05, 3.63) is 79.6 Å². The molecule has 0 radical (unpaired) electrons. The number of benzene rings is 2. The SMILES string of the molecule is Cc1ccc(C(=O)NCCn2c(=O)c(=O)[nH]c3cc(F)ccc32)cc1C. The van der Waals surface area contributed by atoms with E-state index in [1.54, 1.807) is 12.1 Å². The topological polar surface area (TPSA) is 84.0 Å². The van der Waals surface area contributed by atoms with E-state index in [2.05, 4.69) is 10.3 Å². The number of fused-ring (bicyclic) bond motifs is 1. The van der Waals surface area contributed by atoms with Crippen LogP contribution in [0.1, 0.15) is 21.5 Å². The number of halogens is 1. The van der Waals surface area contributed by atoms with Crippen LogP contribution in [-0.4, -0.2) is 22.0 Å². The second kappa shape index (κ2) is 6.95. The highest BCUT2D eigenvalue weighted by atomic mass is 19.1. The highest BCUT2D eigenvalue weighted by molar-refractivity contribution is 5.94. The van der Waals surface area contributed by atoms with Gasteiger partial charge in [0.15, 0.2) is 0 Å². The third-order valence-electron chi connectivity index (χ3n) is 4.33. The second-order valence-electron chi connectivity index (χ2n) is 6.13. The lowest BCUT2D eigenvalue weighted by Gasteiger charge is -2.11. The Bertz CT molecular complexity index is 1120. The Morgan fingerprint density at radius 3 is 2.62 bits per heavy atom. The van der Waals surface area contributed by atoms with Crippen LogP contribution >= 0.6 is 0 Å². The van der Waals surface area contributed by atoms with Gasteiger partial charge in [-0.3, -0.25) is 14.4 Å². The molecule has 0 aliphatic carbocycles. The van der Waals surface area contributed by atoms with Crippen molar-refractivity contribution in [1.29, 1.82) is 0 Å². The van der Waals surface area contributed by atoms with E-state index in [1.165, 1.54) is 16.7 Å². The molecule has 1 aromatic heterocycles. The van der Waals surface area contributed by atoms with Crippen LogP contribution in [0.2, 0.25) is 0 Å². The molecule has 1 heterocycles. The van der Waals surface area contributed by atoms with Crippen molar-refractivity contribution >= 4 is 16.9 Å². The summed E-state index contributed by atoms with van der Waals surface area (Å²) in [4.78, 5) is 38.5. The lowest BCUT2D eigenvalue weighted by Crippen LogP contribution is -2.39. The average molecular weight is 355 g/mol. The van der Waals surface area contributed by atoms with Gasteiger partial charge >= 0.3 is 11.1 Å². The molecule has 2 N–H and O–H groups in total. The van der Waals surface area contributed by atoms with Crippen LogP contribution in [0.3, 0.4) is 0 Å². The van der Waals surface area contributed by atoms with Gasteiger partial charge in [-0.25, -0.2) is 4.39 Å². The number of hydrogen-bond donors (Lipinski definition) is 2. The van der Waals surface area contributed by atoms with Gasteiger partial charge in [-0.2, -0.15) is 0 Å². The molecular weight excluding hydrogens is 337 g/mol. The molecule has 0 aliphatic heterocycles. The zero-order valence-corrected chi connectivity index (χ0v) is 14.4. The van der Waals surface area contributed by atoms with Crippen LogP contribution in [0.15, 0.2) is 46.0 Å². The van der Waals surface area contributed by atoms with E-state index in [9.17, 15) is 18.8 Å². The van der Waals surface area contributed by atoms with Gasteiger partial charge in [-0.15, -0.1) is 0 Å². The summed E-state index contributed by atoms with van der Waals surface area (Å²) in [6.07, 6.45) is 0. The van der Waals surface area contributed by atoms with Crippen LogP contribution in [0.25, 0.3) is 11.0 Å². The van der Waals surface area contributed by atoms with E-state index in [0.717, 1.165) is 17.2 Å². The van der Waals surface area contributed by atoms with Crippen LogP contribution in [0, 0.1) is 19.7 Å². The number of nitrogens with one attached hydrogen (secondary N) is 2. The van der Waals surface area contributed by atoms with Crippen LogP contribution in [0.5, 0.6) is 0 Å². The first-order valence-electron chi connectivity index (χ1n) is 8.14. The third-order valence-corrected chi connectivity index (χ3v) is 4.33. The van der Waals surface area contributed by atoms with Crippen molar-refractivity contribution in [1.82, 2.24) is 14.9 Å². The molecule has 0 aliphatic rings. The zero-order valence-electron chi connectivity index (χ0n) is 14.4. The lowest BCUT2D eigenvalue weighted by atomic mass is 10.1. The molecule has 3 aromatic rings. The maximum atomic E-state index is 13.3. The molecule has 7 heteroatoms. The summed E-state index contributed by atoms with van der Waals surface area (Å²) in [5.41, 5.74) is 1.68. The Balaban J connectivity index is 1.80. The highest BCUT2D eigenvalue weighted by Gasteiger charge is 2.10. The Morgan fingerprint density at radius 2 is 1.88 bits per heavy atom. The second-order valence-corrected chi connectivity index (χ2v) is 6.13. The van der Waals surface area contributed by atoms with Gasteiger partial charge in [-0.05, 0) is 55.3 Å². The fraction of sp³-hybridized carbons (Fsp3) is 0.211. The maximum absolute atomic E-state index is 13.3. The Kier molecular flexibility index (Phi) is 4.71. The summed E-state index contributed by atoms with van der Waals surface area (Å²) in [5.74, 6) is -0.775. The Hall–Kier alpha value is -3.22. The first-order chi connectivity index (χ1) is 12.4. The minimum atomic E-state index is -0.830. The van der Waals surface area contributed by atoms with Gasteiger partial charge in [-0.1, -0.05) is 6.07 Å². The van der Waals surface area contributed by atoms with E-state index < -0.39 is 16.9 Å². The number of H-pyrrole nitrogens is 1. The molecule has 0 unspecified atom stereocenters. The van der Waals surface area contributed by atoms with E-state index in [1.807, 2.05) is 19.9 Å². The Labute approximate surface area is 148 Å². The molecule has 0 fully saturated rings. The number of amides is 1. The highest BCUT2D eigenvalue weighted by Crippen LogP contribution is 2.11. The Morgan fingerprint density at radius 1 is 1.12 bits per heavy atom. The van der Waals surface area contributed by atoms with Gasteiger partial charge in [0.05, 0.1) is 11.0 Å². The molecule has 0 saturated heterocycles. The van der Waals surface area contributed by atoms with Gasteiger partial charge in [0.25, 0.3) is 5.91 Å². The predicted octanol–water partition coefficient (Wildman–Crippen LogP) is 1.88. The van der Waals surface area contributed by atoms with E-state index in [0.29, 0.717) is 11.1 Å². The number of carbonyl (C=O) groups excluding carboxylic acids is 1. The zero-order chi connectivity index (χ0) is 18.8. The summed E-state index contributed by atoms with van der Waals surface area (Å²) in [7, 11) is 0. The van der Waals surface area contributed by atoms with Crippen LogP contribution < -0.4 is 16.4 Å². The number of nitrogens with zero attached hydrogens (tertiary/aromatic N) is 1. The van der Waals surface area contributed by atoms with Crippen LogP contribution in [-0.2, 0) is 6.54 Å². The average Bonchev–Trinajstić information content (AvgIpc) is 2.60. The predicted molar refractivity (Wildman–Crippen MR) is 97.0 cm³/mol. The summed E-state index contributed by atoms with van der Waals surface area (Å²) in [6.45, 7) is 4.14. The largest absolute Gasteiger partial charge is 0.350 e. The molecule has 26 heavy (non-hydrogen) atoms. The first-order valence-corrected chi connectivity index (χ1v) is 8.14. The standard InChI is InChI=1S/C19H18FN3O3/c1-11-3-4-13(9-12(11)2)17(24)21-7-8-23-16-6-5-14(20)10-15(16)22-18(25)19(23)26/h3-6,9-10H,7-8H2,1-2H3,(H,21,24)(H,22,25). The van der Waals surface area contributed by atoms with E-state index in [4.69, 9.17) is 0 Å². The number of aryl methyl sites for hydroxylation is 2. The van der Waals surface area contributed by atoms with Crippen molar-refractivity contribution < 1.29 is 9.18 Å². The van der Waals surface area contributed by atoms with E-state index >= 15 is 0 Å². The van der Waals surface area contributed by atoms with Crippen molar-refractivity contribution in [2.75, 3.05) is 6.54 Å². The number of carbonyl (C=O) groups is 1. The molecule has 2 aromatic carbocycles. The first kappa shape index (κ1) is 17.6. The molecule has 1 amide bonds. The maximum Gasteiger partial charge on any atom is 0.316 e. The number of aromatic amines is 1. The summed E-state index contributed by atoms with van der Waals surface area (Å²) >= 11 is 0. The third kappa shape index (κ3) is 3.42. The molecule has 6 nitrogen and oxygen atoms in total.